The summed E-state index contributed by atoms with van der Waals surface area (Å²) in [5.74, 6) is -0.0961. The summed E-state index contributed by atoms with van der Waals surface area (Å²) in [6.45, 7) is 6.17. The van der Waals surface area contributed by atoms with E-state index in [0.717, 1.165) is 12.0 Å². The van der Waals surface area contributed by atoms with Crippen molar-refractivity contribution in [3.63, 3.8) is 0 Å². The predicted molar refractivity (Wildman–Crippen MR) is 76.6 cm³/mol. The Kier molecular flexibility index (Phi) is 3.80. The number of halogens is 1. The third-order valence-corrected chi connectivity index (χ3v) is 3.33. The number of carbonyl (C=O) groups excluding carboxylic acids is 1. The van der Waals surface area contributed by atoms with Gasteiger partial charge < -0.3 is 10.2 Å². The van der Waals surface area contributed by atoms with Crippen LogP contribution in [0.3, 0.4) is 0 Å². The summed E-state index contributed by atoms with van der Waals surface area (Å²) in [6.07, 6.45) is 0.867. The van der Waals surface area contributed by atoms with Gasteiger partial charge >= 0.3 is 0 Å². The second-order valence-corrected chi connectivity index (χ2v) is 5.48. The van der Waals surface area contributed by atoms with Crippen LogP contribution in [0.5, 0.6) is 0 Å². The number of carbonyl (C=O) groups is 1. The molecule has 5 heteroatoms. The molecule has 1 heterocycles. The van der Waals surface area contributed by atoms with E-state index in [1.165, 1.54) is 0 Å². The number of benzene rings is 1. The maximum absolute atomic E-state index is 12.1. The number of fused-ring (bicyclic) bond motifs is 1. The maximum Gasteiger partial charge on any atom is 0.236 e. The third kappa shape index (κ3) is 2.59. The number of amides is 1. The monoisotopic (exact) mass is 280 g/mol. The Balaban J connectivity index is 2.50. The topological polar surface area (TPSA) is 50.7 Å². The van der Waals surface area contributed by atoms with E-state index in [1.54, 1.807) is 18.2 Å². The first-order chi connectivity index (χ1) is 8.96. The van der Waals surface area contributed by atoms with Crippen LogP contribution in [-0.4, -0.2) is 18.2 Å². The summed E-state index contributed by atoms with van der Waals surface area (Å²) in [6, 6.07) is 5.32. The summed E-state index contributed by atoms with van der Waals surface area (Å²) >= 11 is 6.02. The first kappa shape index (κ1) is 13.9. The van der Waals surface area contributed by atoms with Crippen molar-refractivity contribution in [1.82, 2.24) is 0 Å². The minimum atomic E-state index is -0.745. The number of nitrogens with one attached hydrogen (secondary N) is 1. The Bertz CT molecular complexity index is 538. The molecular weight excluding hydrogens is 264 g/mol. The van der Waals surface area contributed by atoms with Gasteiger partial charge in [0.15, 0.2) is 0 Å². The van der Waals surface area contributed by atoms with Crippen molar-refractivity contribution in [2.24, 2.45) is 10.6 Å². The van der Waals surface area contributed by atoms with Crippen LogP contribution >= 0.6 is 11.6 Å². The lowest BCUT2D eigenvalue weighted by Gasteiger charge is -2.31. The number of rotatable bonds is 3. The van der Waals surface area contributed by atoms with Crippen molar-refractivity contribution < 1.29 is 9.63 Å². The fraction of sp³-hybridized carbons (Fsp3) is 0.429. The Morgan fingerprint density at radius 2 is 2.16 bits per heavy atom. The van der Waals surface area contributed by atoms with Crippen LogP contribution in [0.2, 0.25) is 5.02 Å². The second-order valence-electron chi connectivity index (χ2n) is 5.04. The number of hydrogen-bond donors (Lipinski definition) is 1. The average Bonchev–Trinajstić information content (AvgIpc) is 2.35. The fourth-order valence-electron chi connectivity index (χ4n) is 1.91. The number of oxime groups is 1. The zero-order chi connectivity index (χ0) is 14.0. The lowest BCUT2D eigenvalue weighted by Crippen LogP contribution is -2.43. The summed E-state index contributed by atoms with van der Waals surface area (Å²) in [4.78, 5) is 17.4. The number of hydrogen-bond acceptors (Lipinski definition) is 3. The van der Waals surface area contributed by atoms with E-state index in [9.17, 15) is 4.79 Å². The van der Waals surface area contributed by atoms with Gasteiger partial charge in [0.25, 0.3) is 0 Å². The van der Waals surface area contributed by atoms with Gasteiger partial charge in [0.1, 0.15) is 12.3 Å². The molecule has 0 atom stereocenters. The molecule has 1 aliphatic rings. The van der Waals surface area contributed by atoms with Crippen LogP contribution in [0.15, 0.2) is 23.4 Å². The smallest absolute Gasteiger partial charge is 0.236 e. The molecule has 0 saturated heterocycles. The van der Waals surface area contributed by atoms with Gasteiger partial charge in [-0.3, -0.25) is 4.79 Å². The van der Waals surface area contributed by atoms with Gasteiger partial charge in [0.2, 0.25) is 5.91 Å². The Hall–Kier alpha value is -1.55. The summed E-state index contributed by atoms with van der Waals surface area (Å²) in [5, 5.41) is 7.63. The van der Waals surface area contributed by atoms with E-state index in [0.29, 0.717) is 23.0 Å². The molecule has 0 aliphatic carbocycles. The highest BCUT2D eigenvalue weighted by Crippen LogP contribution is 2.35. The van der Waals surface area contributed by atoms with Crippen molar-refractivity contribution >= 4 is 28.9 Å². The molecule has 0 unspecified atom stereocenters. The van der Waals surface area contributed by atoms with Crippen molar-refractivity contribution in [2.45, 2.75) is 27.2 Å². The molecule has 19 heavy (non-hydrogen) atoms. The normalized spacial score (nSPS) is 18.9. The Labute approximate surface area is 117 Å². The molecule has 102 valence electrons. The SMILES string of the molecule is CCCON=C1c2cc(Cl)ccc2NC(=O)C1(C)C. The van der Waals surface area contributed by atoms with Crippen LogP contribution in [-0.2, 0) is 9.63 Å². The minimum absolute atomic E-state index is 0.0961. The summed E-state index contributed by atoms with van der Waals surface area (Å²) < 4.78 is 0. The van der Waals surface area contributed by atoms with Gasteiger partial charge in [-0.25, -0.2) is 0 Å². The molecule has 1 N–H and O–H groups in total. The fourth-order valence-corrected chi connectivity index (χ4v) is 2.08. The van der Waals surface area contributed by atoms with E-state index in [2.05, 4.69) is 10.5 Å². The van der Waals surface area contributed by atoms with Crippen molar-refractivity contribution in [3.8, 4) is 0 Å². The van der Waals surface area contributed by atoms with Gasteiger partial charge in [-0.2, -0.15) is 0 Å². The zero-order valence-corrected chi connectivity index (χ0v) is 12.0. The third-order valence-electron chi connectivity index (χ3n) is 3.10. The summed E-state index contributed by atoms with van der Waals surface area (Å²) in [5.41, 5.74) is 1.40. The number of anilines is 1. The largest absolute Gasteiger partial charge is 0.396 e. The van der Waals surface area contributed by atoms with E-state index in [4.69, 9.17) is 16.4 Å². The van der Waals surface area contributed by atoms with Crippen molar-refractivity contribution in [2.75, 3.05) is 11.9 Å². The molecule has 0 fully saturated rings. The quantitative estimate of drug-likeness (QED) is 0.681. The second kappa shape index (κ2) is 5.21. The Morgan fingerprint density at radius 1 is 1.42 bits per heavy atom. The van der Waals surface area contributed by atoms with E-state index >= 15 is 0 Å². The highest BCUT2D eigenvalue weighted by atomic mass is 35.5. The average molecular weight is 281 g/mol. The zero-order valence-electron chi connectivity index (χ0n) is 11.3. The molecular formula is C14H17ClN2O2. The van der Waals surface area contributed by atoms with Crippen LogP contribution < -0.4 is 5.32 Å². The van der Waals surface area contributed by atoms with Gasteiger partial charge in [-0.1, -0.05) is 23.7 Å². The van der Waals surface area contributed by atoms with E-state index < -0.39 is 5.41 Å². The highest BCUT2D eigenvalue weighted by molar-refractivity contribution is 6.32. The van der Waals surface area contributed by atoms with Crippen LogP contribution in [0, 0.1) is 5.41 Å². The van der Waals surface area contributed by atoms with Gasteiger partial charge in [-0.05, 0) is 38.5 Å². The molecule has 2 rings (SSSR count). The predicted octanol–water partition coefficient (Wildman–Crippen LogP) is 3.45. The van der Waals surface area contributed by atoms with E-state index in [-0.39, 0.29) is 5.91 Å². The first-order valence-corrected chi connectivity index (χ1v) is 6.66. The molecule has 4 nitrogen and oxygen atoms in total. The number of nitrogens with zero attached hydrogens (tertiary/aromatic N) is 1. The van der Waals surface area contributed by atoms with Crippen molar-refractivity contribution in [1.29, 1.82) is 0 Å². The van der Waals surface area contributed by atoms with Gasteiger partial charge in [-0.15, -0.1) is 0 Å². The molecule has 0 bridgehead atoms. The first-order valence-electron chi connectivity index (χ1n) is 6.28. The lowest BCUT2D eigenvalue weighted by molar-refractivity contribution is -0.121. The molecule has 1 amide bonds. The molecule has 0 spiro atoms. The highest BCUT2D eigenvalue weighted by Gasteiger charge is 2.40. The van der Waals surface area contributed by atoms with Gasteiger partial charge in [0, 0.05) is 10.6 Å². The van der Waals surface area contributed by atoms with Crippen LogP contribution in [0.25, 0.3) is 0 Å². The molecule has 1 aliphatic heterocycles. The van der Waals surface area contributed by atoms with Crippen LogP contribution in [0.4, 0.5) is 5.69 Å². The van der Waals surface area contributed by atoms with Crippen LogP contribution in [0.1, 0.15) is 32.8 Å². The standard InChI is InChI=1S/C14H17ClN2O2/c1-4-7-19-17-12-10-8-9(15)5-6-11(10)16-13(18)14(12,2)3/h5-6,8H,4,7H2,1-3H3,(H,16,18). The molecule has 0 aromatic heterocycles. The molecule has 1 aromatic rings. The summed E-state index contributed by atoms with van der Waals surface area (Å²) in [7, 11) is 0. The Morgan fingerprint density at radius 3 is 2.84 bits per heavy atom. The molecule has 1 aromatic carbocycles. The molecule has 0 saturated carbocycles. The maximum atomic E-state index is 12.1. The van der Waals surface area contributed by atoms with Crippen molar-refractivity contribution in [3.05, 3.63) is 28.8 Å². The van der Waals surface area contributed by atoms with Gasteiger partial charge in [0.05, 0.1) is 11.1 Å². The van der Waals surface area contributed by atoms with E-state index in [1.807, 2.05) is 20.8 Å². The lowest BCUT2D eigenvalue weighted by atomic mass is 9.79. The molecule has 0 radical (unpaired) electrons. The minimum Gasteiger partial charge on any atom is -0.396 e.